The second-order valence-corrected chi connectivity index (χ2v) is 6.50. The van der Waals surface area contributed by atoms with Crippen molar-refractivity contribution in [2.45, 2.75) is 32.4 Å². The van der Waals surface area contributed by atoms with E-state index in [0.29, 0.717) is 22.8 Å². The van der Waals surface area contributed by atoms with E-state index in [0.717, 1.165) is 28.8 Å². The van der Waals surface area contributed by atoms with Crippen LogP contribution in [-0.4, -0.2) is 9.55 Å². The third-order valence-electron chi connectivity index (χ3n) is 4.21. The first kappa shape index (κ1) is 16.2. The van der Waals surface area contributed by atoms with E-state index in [1.807, 2.05) is 41.8 Å². The summed E-state index contributed by atoms with van der Waals surface area (Å²) in [4.78, 5) is 14.7. The topological polar surface area (TPSA) is 63.8 Å². The standard InChI is InChI=1S/C17H18ClN3OS/c1-2-14(19)13-8-11(18)7-6-10(13)9-21-15-5-3-4-12(15)16(22)20-17(21)23/h3,5-8,14H,2,4,9,19H2,1H3,(H,20,22,23)/t14-/m1/s1. The van der Waals surface area contributed by atoms with Crippen LogP contribution in [0.1, 0.15) is 41.8 Å². The van der Waals surface area contributed by atoms with Gasteiger partial charge in [0.2, 0.25) is 0 Å². The smallest absolute Gasteiger partial charge is 0.255 e. The lowest BCUT2D eigenvalue weighted by Gasteiger charge is -2.18. The average Bonchev–Trinajstić information content (AvgIpc) is 3.01. The molecule has 0 unspecified atom stereocenters. The third-order valence-corrected chi connectivity index (χ3v) is 4.77. The molecule has 23 heavy (non-hydrogen) atoms. The van der Waals surface area contributed by atoms with Gasteiger partial charge in [0.25, 0.3) is 5.56 Å². The zero-order chi connectivity index (χ0) is 16.6. The molecule has 0 amide bonds. The van der Waals surface area contributed by atoms with Gasteiger partial charge in [0.15, 0.2) is 4.77 Å². The van der Waals surface area contributed by atoms with Crippen molar-refractivity contribution in [3.8, 4) is 0 Å². The Morgan fingerprint density at radius 1 is 1.48 bits per heavy atom. The molecule has 2 aromatic rings. The van der Waals surface area contributed by atoms with Crippen LogP contribution in [0.4, 0.5) is 0 Å². The van der Waals surface area contributed by atoms with E-state index in [1.54, 1.807) is 0 Å². The highest BCUT2D eigenvalue weighted by atomic mass is 35.5. The van der Waals surface area contributed by atoms with E-state index in [-0.39, 0.29) is 11.6 Å². The maximum absolute atomic E-state index is 12.0. The van der Waals surface area contributed by atoms with Crippen molar-refractivity contribution in [1.29, 1.82) is 0 Å². The highest BCUT2D eigenvalue weighted by Crippen LogP contribution is 2.25. The van der Waals surface area contributed by atoms with Gasteiger partial charge in [0.05, 0.1) is 12.2 Å². The predicted octanol–water partition coefficient (Wildman–Crippen LogP) is 3.59. The van der Waals surface area contributed by atoms with E-state index in [1.165, 1.54) is 0 Å². The van der Waals surface area contributed by atoms with Crippen LogP contribution in [0.3, 0.4) is 0 Å². The van der Waals surface area contributed by atoms with Crippen molar-refractivity contribution < 1.29 is 0 Å². The normalized spacial score (nSPS) is 14.0. The molecule has 1 aromatic carbocycles. The highest BCUT2D eigenvalue weighted by Gasteiger charge is 2.17. The number of hydrogen-bond donors (Lipinski definition) is 2. The van der Waals surface area contributed by atoms with Crippen LogP contribution in [0.5, 0.6) is 0 Å². The predicted molar refractivity (Wildman–Crippen MR) is 96.4 cm³/mol. The second-order valence-electron chi connectivity index (χ2n) is 5.67. The van der Waals surface area contributed by atoms with E-state index in [2.05, 4.69) is 4.98 Å². The summed E-state index contributed by atoms with van der Waals surface area (Å²) >= 11 is 11.5. The number of aromatic amines is 1. The number of nitrogens with zero attached hydrogens (tertiary/aromatic N) is 1. The number of rotatable bonds is 4. The molecule has 1 aliphatic rings. The fraction of sp³-hybridized carbons (Fsp3) is 0.294. The van der Waals surface area contributed by atoms with Crippen LogP contribution >= 0.6 is 23.8 Å². The number of hydrogen-bond acceptors (Lipinski definition) is 3. The van der Waals surface area contributed by atoms with E-state index < -0.39 is 0 Å². The average molecular weight is 348 g/mol. The van der Waals surface area contributed by atoms with Crippen LogP contribution in [0, 0.1) is 4.77 Å². The van der Waals surface area contributed by atoms with Gasteiger partial charge in [-0.3, -0.25) is 9.78 Å². The Hall–Kier alpha value is -1.69. The molecule has 1 aromatic heterocycles. The van der Waals surface area contributed by atoms with Gasteiger partial charge in [0.1, 0.15) is 0 Å². The number of allylic oxidation sites excluding steroid dienone is 1. The summed E-state index contributed by atoms with van der Waals surface area (Å²) in [5, 5.41) is 0.669. The molecule has 6 heteroatoms. The summed E-state index contributed by atoms with van der Waals surface area (Å²) in [6.45, 7) is 2.60. The Balaban J connectivity index is 2.11. The fourth-order valence-electron chi connectivity index (χ4n) is 2.91. The van der Waals surface area contributed by atoms with Gasteiger partial charge < -0.3 is 10.3 Å². The molecular formula is C17H18ClN3OS. The number of H-pyrrole nitrogens is 1. The molecule has 0 aliphatic heterocycles. The van der Waals surface area contributed by atoms with Gasteiger partial charge in [-0.1, -0.05) is 30.7 Å². The van der Waals surface area contributed by atoms with E-state index in [4.69, 9.17) is 29.6 Å². The van der Waals surface area contributed by atoms with Gasteiger partial charge in [-0.15, -0.1) is 0 Å². The summed E-state index contributed by atoms with van der Waals surface area (Å²) in [6, 6.07) is 5.67. The zero-order valence-corrected chi connectivity index (χ0v) is 14.4. The molecule has 0 saturated carbocycles. The Kier molecular flexibility index (Phi) is 4.53. The van der Waals surface area contributed by atoms with Crippen molar-refractivity contribution in [2.24, 2.45) is 5.73 Å². The van der Waals surface area contributed by atoms with Crippen LogP contribution in [0.2, 0.25) is 5.02 Å². The lowest BCUT2D eigenvalue weighted by atomic mass is 9.99. The quantitative estimate of drug-likeness (QED) is 0.831. The number of nitrogens with one attached hydrogen (secondary N) is 1. The Morgan fingerprint density at radius 3 is 3.00 bits per heavy atom. The fourth-order valence-corrected chi connectivity index (χ4v) is 3.34. The highest BCUT2D eigenvalue weighted by molar-refractivity contribution is 7.71. The Morgan fingerprint density at radius 2 is 2.26 bits per heavy atom. The Bertz CT molecular complexity index is 898. The van der Waals surface area contributed by atoms with Crippen molar-refractivity contribution in [2.75, 3.05) is 0 Å². The van der Waals surface area contributed by atoms with Gasteiger partial charge in [-0.25, -0.2) is 0 Å². The number of halogens is 1. The SMILES string of the molecule is CC[C@@H](N)c1cc(Cl)ccc1Cn1c2c(c(=O)[nH]c1=S)CC=C2. The molecular weight excluding hydrogens is 330 g/mol. The zero-order valence-electron chi connectivity index (χ0n) is 12.8. The molecule has 3 rings (SSSR count). The maximum atomic E-state index is 12.0. The lowest BCUT2D eigenvalue weighted by molar-refractivity contribution is 0.666. The first-order valence-corrected chi connectivity index (χ1v) is 8.36. The molecule has 3 N–H and O–H groups in total. The number of fused-ring (bicyclic) bond motifs is 1. The summed E-state index contributed by atoms with van der Waals surface area (Å²) in [5.74, 6) is 0. The maximum Gasteiger partial charge on any atom is 0.255 e. The van der Waals surface area contributed by atoms with Crippen molar-refractivity contribution in [3.05, 3.63) is 66.8 Å². The number of benzene rings is 1. The third kappa shape index (κ3) is 3.04. The van der Waals surface area contributed by atoms with Crippen LogP contribution in [0.15, 0.2) is 29.1 Å². The van der Waals surface area contributed by atoms with E-state index in [9.17, 15) is 4.79 Å². The summed E-state index contributed by atoms with van der Waals surface area (Å²) in [5.41, 5.74) is 9.84. The van der Waals surface area contributed by atoms with Crippen molar-refractivity contribution >= 4 is 29.9 Å². The molecule has 120 valence electrons. The molecule has 1 heterocycles. The molecule has 0 radical (unpaired) electrons. The van der Waals surface area contributed by atoms with Gasteiger partial charge in [-0.2, -0.15) is 0 Å². The van der Waals surface area contributed by atoms with Crippen LogP contribution in [-0.2, 0) is 13.0 Å². The minimum Gasteiger partial charge on any atom is -0.324 e. The lowest BCUT2D eigenvalue weighted by Crippen LogP contribution is -2.21. The molecule has 4 nitrogen and oxygen atoms in total. The molecule has 0 fully saturated rings. The number of aromatic nitrogens is 2. The van der Waals surface area contributed by atoms with Crippen LogP contribution < -0.4 is 11.3 Å². The van der Waals surface area contributed by atoms with E-state index >= 15 is 0 Å². The first-order chi connectivity index (χ1) is 11.0. The Labute approximate surface area is 144 Å². The monoisotopic (exact) mass is 347 g/mol. The minimum absolute atomic E-state index is 0.0794. The first-order valence-electron chi connectivity index (χ1n) is 7.57. The molecule has 0 spiro atoms. The second kappa shape index (κ2) is 6.43. The number of nitrogens with two attached hydrogens (primary N) is 1. The summed E-state index contributed by atoms with van der Waals surface area (Å²) in [7, 11) is 0. The molecule has 0 saturated heterocycles. The van der Waals surface area contributed by atoms with Crippen LogP contribution in [0.25, 0.3) is 6.08 Å². The van der Waals surface area contributed by atoms with Gasteiger partial charge in [0, 0.05) is 16.6 Å². The van der Waals surface area contributed by atoms with Crippen molar-refractivity contribution in [3.63, 3.8) is 0 Å². The van der Waals surface area contributed by atoms with Gasteiger partial charge >= 0.3 is 0 Å². The molecule has 1 atom stereocenters. The van der Waals surface area contributed by atoms with Gasteiger partial charge in [-0.05, 0) is 54.4 Å². The summed E-state index contributed by atoms with van der Waals surface area (Å²) in [6.07, 6.45) is 5.39. The molecule has 1 aliphatic carbocycles. The minimum atomic E-state index is -0.104. The summed E-state index contributed by atoms with van der Waals surface area (Å²) < 4.78 is 2.37. The molecule has 0 bridgehead atoms. The largest absolute Gasteiger partial charge is 0.324 e. The van der Waals surface area contributed by atoms with Crippen molar-refractivity contribution in [1.82, 2.24) is 9.55 Å².